The summed E-state index contributed by atoms with van der Waals surface area (Å²) in [5.74, 6) is 1.21. The third kappa shape index (κ3) is 4.58. The Labute approximate surface area is 164 Å². The number of amides is 1. The van der Waals surface area contributed by atoms with E-state index in [1.165, 1.54) is 5.56 Å². The highest BCUT2D eigenvalue weighted by atomic mass is 35.5. The smallest absolute Gasteiger partial charge is 0.223 e. The molecule has 0 spiro atoms. The molecule has 0 saturated heterocycles. The molecular weight excluding hydrogens is 360 g/mol. The number of hydrogen-bond acceptors (Lipinski definition) is 3. The second kappa shape index (κ2) is 8.40. The van der Waals surface area contributed by atoms with Crippen LogP contribution in [0.3, 0.4) is 0 Å². The van der Waals surface area contributed by atoms with Gasteiger partial charge >= 0.3 is 0 Å². The van der Waals surface area contributed by atoms with Crippen molar-refractivity contribution in [3.05, 3.63) is 76.8 Å². The van der Waals surface area contributed by atoms with Crippen molar-refractivity contribution < 1.29 is 9.21 Å². The van der Waals surface area contributed by atoms with Gasteiger partial charge in [-0.2, -0.15) is 0 Å². The van der Waals surface area contributed by atoms with E-state index in [0.717, 1.165) is 11.1 Å². The van der Waals surface area contributed by atoms with Crippen molar-refractivity contribution in [3.63, 3.8) is 0 Å². The molecule has 1 heterocycles. The molecule has 140 valence electrons. The van der Waals surface area contributed by atoms with Crippen LogP contribution in [0.4, 0.5) is 0 Å². The van der Waals surface area contributed by atoms with Gasteiger partial charge in [0, 0.05) is 25.5 Å². The Morgan fingerprint density at radius 2 is 1.89 bits per heavy atom. The molecule has 4 nitrogen and oxygen atoms in total. The van der Waals surface area contributed by atoms with E-state index in [1.54, 1.807) is 11.1 Å². The van der Waals surface area contributed by atoms with Crippen molar-refractivity contribution in [2.24, 2.45) is 0 Å². The third-order valence-corrected chi connectivity index (χ3v) is 5.11. The van der Waals surface area contributed by atoms with E-state index in [0.29, 0.717) is 29.5 Å². The molecule has 1 unspecified atom stereocenters. The van der Waals surface area contributed by atoms with E-state index in [-0.39, 0.29) is 11.9 Å². The predicted molar refractivity (Wildman–Crippen MR) is 108 cm³/mol. The zero-order valence-corrected chi connectivity index (χ0v) is 16.5. The summed E-state index contributed by atoms with van der Waals surface area (Å²) in [5, 5.41) is 0.614. The lowest BCUT2D eigenvalue weighted by atomic mass is 10.1. The summed E-state index contributed by atoms with van der Waals surface area (Å²) in [6.45, 7) is 4.08. The Bertz CT molecular complexity index is 918. The van der Waals surface area contributed by atoms with Crippen LogP contribution in [0.25, 0.3) is 11.3 Å². The van der Waals surface area contributed by atoms with Crippen LogP contribution in [0.2, 0.25) is 5.02 Å². The van der Waals surface area contributed by atoms with Gasteiger partial charge in [0.2, 0.25) is 5.91 Å². The van der Waals surface area contributed by atoms with Gasteiger partial charge < -0.3 is 9.32 Å². The molecule has 1 atom stereocenters. The van der Waals surface area contributed by atoms with Crippen molar-refractivity contribution in [2.75, 3.05) is 7.05 Å². The van der Waals surface area contributed by atoms with Gasteiger partial charge in [0.1, 0.15) is 0 Å². The average molecular weight is 383 g/mol. The lowest BCUT2D eigenvalue weighted by Gasteiger charge is -2.25. The number of carbonyl (C=O) groups excluding carboxylic acids is 1. The fraction of sp³-hybridized carbons (Fsp3) is 0.273. The molecule has 27 heavy (non-hydrogen) atoms. The minimum Gasteiger partial charge on any atom is -0.441 e. The summed E-state index contributed by atoms with van der Waals surface area (Å²) in [4.78, 5) is 18.6. The first kappa shape index (κ1) is 19.2. The highest BCUT2D eigenvalue weighted by molar-refractivity contribution is 6.33. The fourth-order valence-corrected chi connectivity index (χ4v) is 3.12. The summed E-state index contributed by atoms with van der Waals surface area (Å²) in [6, 6.07) is 15.7. The number of hydrogen-bond donors (Lipinski definition) is 0. The van der Waals surface area contributed by atoms with Crippen LogP contribution < -0.4 is 0 Å². The van der Waals surface area contributed by atoms with Crippen molar-refractivity contribution >= 4 is 17.5 Å². The molecule has 0 aliphatic heterocycles. The standard InChI is InChI=1S/C22H23ClN2O2/c1-15-8-10-17(11-9-15)16(2)25(3)22(26)13-12-21-24-14-20(27-21)18-6-4-5-7-19(18)23/h4-11,14,16H,12-13H2,1-3H3. The molecule has 0 aliphatic carbocycles. The van der Waals surface area contributed by atoms with Crippen molar-refractivity contribution in [3.8, 4) is 11.3 Å². The predicted octanol–water partition coefficient (Wildman–Crippen LogP) is 5.46. The van der Waals surface area contributed by atoms with Gasteiger partial charge in [-0.1, -0.05) is 53.6 Å². The molecule has 2 aromatic carbocycles. The third-order valence-electron chi connectivity index (χ3n) is 4.78. The lowest BCUT2D eigenvalue weighted by Crippen LogP contribution is -2.29. The first-order valence-corrected chi connectivity index (χ1v) is 9.35. The number of rotatable bonds is 6. The summed E-state index contributed by atoms with van der Waals surface area (Å²) < 4.78 is 5.77. The molecule has 3 aromatic rings. The van der Waals surface area contributed by atoms with E-state index < -0.39 is 0 Å². The Morgan fingerprint density at radius 3 is 2.59 bits per heavy atom. The maximum atomic E-state index is 12.6. The topological polar surface area (TPSA) is 46.3 Å². The van der Waals surface area contributed by atoms with Crippen molar-refractivity contribution in [1.82, 2.24) is 9.88 Å². The van der Waals surface area contributed by atoms with Crippen LogP contribution in [0.15, 0.2) is 59.1 Å². The molecule has 3 rings (SSSR count). The quantitative estimate of drug-likeness (QED) is 0.569. The molecule has 0 saturated carbocycles. The van der Waals surface area contributed by atoms with Gasteiger partial charge in [-0.05, 0) is 31.5 Å². The van der Waals surface area contributed by atoms with Gasteiger partial charge in [0.15, 0.2) is 11.7 Å². The minimum absolute atomic E-state index is 0.0151. The van der Waals surface area contributed by atoms with Crippen LogP contribution >= 0.6 is 11.6 Å². The van der Waals surface area contributed by atoms with Gasteiger partial charge in [-0.15, -0.1) is 0 Å². The van der Waals surface area contributed by atoms with Gasteiger partial charge in [0.05, 0.1) is 17.3 Å². The molecule has 0 aliphatic rings. The first-order chi connectivity index (χ1) is 13.0. The molecule has 0 fully saturated rings. The van der Waals surface area contributed by atoms with E-state index in [1.807, 2.05) is 38.2 Å². The minimum atomic E-state index is 0.0151. The average Bonchev–Trinajstić information content (AvgIpc) is 3.14. The Morgan fingerprint density at radius 1 is 1.19 bits per heavy atom. The highest BCUT2D eigenvalue weighted by Crippen LogP contribution is 2.28. The monoisotopic (exact) mass is 382 g/mol. The zero-order valence-electron chi connectivity index (χ0n) is 15.8. The Balaban J connectivity index is 1.60. The van der Waals surface area contributed by atoms with Gasteiger partial charge in [-0.25, -0.2) is 4.98 Å². The Kier molecular flexibility index (Phi) is 5.97. The van der Waals surface area contributed by atoms with E-state index in [2.05, 4.69) is 36.2 Å². The van der Waals surface area contributed by atoms with Crippen LogP contribution in [0.1, 0.15) is 36.4 Å². The second-order valence-corrected chi connectivity index (χ2v) is 7.10. The molecule has 5 heteroatoms. The molecule has 1 amide bonds. The number of benzene rings is 2. The lowest BCUT2D eigenvalue weighted by molar-refractivity contribution is -0.131. The maximum Gasteiger partial charge on any atom is 0.223 e. The number of aromatic nitrogens is 1. The normalized spacial score (nSPS) is 12.0. The van der Waals surface area contributed by atoms with Crippen LogP contribution in [0.5, 0.6) is 0 Å². The van der Waals surface area contributed by atoms with Crippen LogP contribution in [0, 0.1) is 6.92 Å². The molecule has 0 bridgehead atoms. The summed E-state index contributed by atoms with van der Waals surface area (Å²) in [5.41, 5.74) is 3.13. The van der Waals surface area contributed by atoms with E-state index in [4.69, 9.17) is 16.0 Å². The van der Waals surface area contributed by atoms with Crippen LogP contribution in [-0.4, -0.2) is 22.8 Å². The van der Waals surface area contributed by atoms with Gasteiger partial charge in [0.25, 0.3) is 0 Å². The summed E-state index contributed by atoms with van der Waals surface area (Å²) in [7, 11) is 1.83. The number of halogens is 1. The summed E-state index contributed by atoms with van der Waals surface area (Å²) in [6.07, 6.45) is 2.45. The van der Waals surface area contributed by atoms with Gasteiger partial charge in [-0.3, -0.25) is 4.79 Å². The fourth-order valence-electron chi connectivity index (χ4n) is 2.89. The molecule has 1 aromatic heterocycles. The van der Waals surface area contributed by atoms with Crippen molar-refractivity contribution in [1.29, 1.82) is 0 Å². The first-order valence-electron chi connectivity index (χ1n) is 8.97. The largest absolute Gasteiger partial charge is 0.441 e. The number of carbonyl (C=O) groups is 1. The number of oxazole rings is 1. The molecular formula is C22H23ClN2O2. The zero-order chi connectivity index (χ0) is 19.4. The van der Waals surface area contributed by atoms with Crippen LogP contribution in [-0.2, 0) is 11.2 Å². The van der Waals surface area contributed by atoms with E-state index >= 15 is 0 Å². The highest BCUT2D eigenvalue weighted by Gasteiger charge is 2.18. The number of nitrogens with zero attached hydrogens (tertiary/aromatic N) is 2. The number of aryl methyl sites for hydroxylation is 2. The maximum absolute atomic E-state index is 12.6. The van der Waals surface area contributed by atoms with E-state index in [9.17, 15) is 4.79 Å². The second-order valence-electron chi connectivity index (χ2n) is 6.69. The molecule has 0 N–H and O–H groups in total. The van der Waals surface area contributed by atoms with Crippen molar-refractivity contribution in [2.45, 2.75) is 32.7 Å². The SMILES string of the molecule is Cc1ccc(C(C)N(C)C(=O)CCc2ncc(-c3ccccc3Cl)o2)cc1. The Hall–Kier alpha value is -2.59. The summed E-state index contributed by atoms with van der Waals surface area (Å²) >= 11 is 6.19. The molecule has 0 radical (unpaired) electrons.